The van der Waals surface area contributed by atoms with Gasteiger partial charge in [-0.05, 0) is 24.3 Å². The van der Waals surface area contributed by atoms with Crippen molar-refractivity contribution in [3.63, 3.8) is 0 Å². The third kappa shape index (κ3) is 3.07. The molecule has 114 valence electrons. The van der Waals surface area contributed by atoms with Crippen LogP contribution in [0, 0.1) is 0 Å². The molecule has 0 saturated carbocycles. The summed E-state index contributed by atoms with van der Waals surface area (Å²) in [5.41, 5.74) is 18.3. The summed E-state index contributed by atoms with van der Waals surface area (Å²) in [6.45, 7) is 0.233. The molecule has 0 spiro atoms. The number of rotatable bonds is 4. The molecule has 0 saturated heterocycles. The highest BCUT2D eigenvalue weighted by atomic mass is 16.2. The number of carbonyl (C=O) groups excluding carboxylic acids is 2. The van der Waals surface area contributed by atoms with Crippen molar-refractivity contribution in [2.75, 3.05) is 24.6 Å². The third-order valence-corrected chi connectivity index (χ3v) is 3.23. The molecular weight excluding hydrogens is 280 g/mol. The molecule has 6 heteroatoms. The molecule has 0 fully saturated rings. The first-order valence-electron chi connectivity index (χ1n) is 6.81. The number of nitrogens with two attached hydrogens (primary N) is 3. The largest absolute Gasteiger partial charge is 0.398 e. The Hall–Kier alpha value is -2.86. The minimum Gasteiger partial charge on any atom is -0.398 e. The highest BCUT2D eigenvalue weighted by Gasteiger charge is 2.25. The number of amides is 2. The van der Waals surface area contributed by atoms with E-state index >= 15 is 0 Å². The van der Waals surface area contributed by atoms with E-state index in [1.54, 1.807) is 48.5 Å². The standard InChI is InChI=1S/C16H18N4O2/c17-9-10-20(15(21)11-5-1-3-7-13(11)18)16(22)12-6-2-4-8-14(12)19/h1-8H,9-10,17-19H2. The van der Waals surface area contributed by atoms with Gasteiger partial charge in [0.05, 0.1) is 11.1 Å². The van der Waals surface area contributed by atoms with Crippen LogP contribution in [0.1, 0.15) is 20.7 Å². The van der Waals surface area contributed by atoms with Crippen molar-refractivity contribution in [2.45, 2.75) is 0 Å². The summed E-state index contributed by atoms with van der Waals surface area (Å²) in [6.07, 6.45) is 0. The summed E-state index contributed by atoms with van der Waals surface area (Å²) < 4.78 is 0. The first-order valence-corrected chi connectivity index (χ1v) is 6.81. The number of imide groups is 1. The number of benzene rings is 2. The van der Waals surface area contributed by atoms with Crippen molar-refractivity contribution in [1.29, 1.82) is 0 Å². The Morgan fingerprint density at radius 1 is 0.818 bits per heavy atom. The molecule has 2 rings (SSSR count). The van der Waals surface area contributed by atoms with Crippen LogP contribution in [0.5, 0.6) is 0 Å². The van der Waals surface area contributed by atoms with E-state index in [0.717, 1.165) is 4.90 Å². The van der Waals surface area contributed by atoms with Crippen LogP contribution in [-0.4, -0.2) is 29.8 Å². The van der Waals surface area contributed by atoms with Crippen molar-refractivity contribution >= 4 is 23.2 Å². The molecule has 0 radical (unpaired) electrons. The van der Waals surface area contributed by atoms with Gasteiger partial charge in [0, 0.05) is 24.5 Å². The average Bonchev–Trinajstić information content (AvgIpc) is 2.52. The highest BCUT2D eigenvalue weighted by Crippen LogP contribution is 2.18. The van der Waals surface area contributed by atoms with E-state index in [0.29, 0.717) is 11.4 Å². The molecule has 0 aliphatic heterocycles. The molecule has 0 atom stereocenters. The van der Waals surface area contributed by atoms with Crippen LogP contribution < -0.4 is 17.2 Å². The van der Waals surface area contributed by atoms with Gasteiger partial charge in [0.2, 0.25) is 0 Å². The van der Waals surface area contributed by atoms with Crippen LogP contribution in [0.15, 0.2) is 48.5 Å². The molecule has 2 amide bonds. The molecule has 0 aromatic heterocycles. The van der Waals surface area contributed by atoms with Gasteiger partial charge in [0.1, 0.15) is 0 Å². The SMILES string of the molecule is NCCN(C(=O)c1ccccc1N)C(=O)c1ccccc1N. The molecule has 0 unspecified atom stereocenters. The van der Waals surface area contributed by atoms with E-state index in [2.05, 4.69) is 0 Å². The zero-order chi connectivity index (χ0) is 16.1. The average molecular weight is 298 g/mol. The Morgan fingerprint density at radius 2 is 1.23 bits per heavy atom. The van der Waals surface area contributed by atoms with Gasteiger partial charge in [-0.15, -0.1) is 0 Å². The number of hydrogen-bond donors (Lipinski definition) is 3. The van der Waals surface area contributed by atoms with E-state index in [1.807, 2.05) is 0 Å². The normalized spacial score (nSPS) is 10.2. The van der Waals surface area contributed by atoms with Crippen LogP contribution in [0.2, 0.25) is 0 Å². The topological polar surface area (TPSA) is 115 Å². The summed E-state index contributed by atoms with van der Waals surface area (Å²) in [6, 6.07) is 13.2. The monoisotopic (exact) mass is 298 g/mol. The van der Waals surface area contributed by atoms with E-state index in [1.165, 1.54) is 0 Å². The Kier molecular flexibility index (Phi) is 4.75. The number of nitrogens with zero attached hydrogens (tertiary/aromatic N) is 1. The number of para-hydroxylation sites is 2. The maximum atomic E-state index is 12.6. The molecule has 0 aliphatic carbocycles. The number of nitrogen functional groups attached to an aromatic ring is 2. The van der Waals surface area contributed by atoms with E-state index < -0.39 is 11.8 Å². The maximum absolute atomic E-state index is 12.6. The fraction of sp³-hybridized carbons (Fsp3) is 0.125. The van der Waals surface area contributed by atoms with Crippen LogP contribution in [0.3, 0.4) is 0 Å². The Morgan fingerprint density at radius 3 is 1.59 bits per heavy atom. The van der Waals surface area contributed by atoms with Gasteiger partial charge in [0.15, 0.2) is 0 Å². The highest BCUT2D eigenvalue weighted by molar-refractivity contribution is 6.13. The predicted octanol–water partition coefficient (Wildman–Crippen LogP) is 1.09. The smallest absolute Gasteiger partial charge is 0.262 e. The van der Waals surface area contributed by atoms with Gasteiger partial charge in [-0.1, -0.05) is 24.3 Å². The van der Waals surface area contributed by atoms with Crippen molar-refractivity contribution in [1.82, 2.24) is 4.90 Å². The molecule has 6 nitrogen and oxygen atoms in total. The molecule has 22 heavy (non-hydrogen) atoms. The summed E-state index contributed by atoms with van der Waals surface area (Å²) in [7, 11) is 0. The zero-order valence-electron chi connectivity index (χ0n) is 12.0. The second-order valence-corrected chi connectivity index (χ2v) is 4.73. The first-order chi connectivity index (χ1) is 10.6. The van der Waals surface area contributed by atoms with Gasteiger partial charge in [0.25, 0.3) is 11.8 Å². The minimum atomic E-state index is -0.489. The lowest BCUT2D eigenvalue weighted by Gasteiger charge is -2.21. The van der Waals surface area contributed by atoms with Crippen molar-refractivity contribution in [3.8, 4) is 0 Å². The quantitative estimate of drug-likeness (QED) is 0.577. The molecule has 2 aromatic carbocycles. The van der Waals surface area contributed by atoms with Crippen molar-refractivity contribution in [2.24, 2.45) is 5.73 Å². The van der Waals surface area contributed by atoms with Gasteiger partial charge in [-0.2, -0.15) is 0 Å². The molecule has 2 aromatic rings. The molecule has 0 bridgehead atoms. The lowest BCUT2D eigenvalue weighted by atomic mass is 10.1. The Labute approximate surface area is 128 Å². The van der Waals surface area contributed by atoms with Crippen LogP contribution >= 0.6 is 0 Å². The lowest BCUT2D eigenvalue weighted by Crippen LogP contribution is -2.40. The Balaban J connectivity index is 2.38. The van der Waals surface area contributed by atoms with E-state index in [9.17, 15) is 9.59 Å². The predicted molar refractivity (Wildman–Crippen MR) is 86.1 cm³/mol. The molecule has 6 N–H and O–H groups in total. The second kappa shape index (κ2) is 6.73. The fourth-order valence-electron chi connectivity index (χ4n) is 2.10. The summed E-state index contributed by atoms with van der Waals surface area (Å²) in [5.74, 6) is -0.978. The van der Waals surface area contributed by atoms with Crippen molar-refractivity contribution in [3.05, 3.63) is 59.7 Å². The van der Waals surface area contributed by atoms with E-state index in [-0.39, 0.29) is 24.2 Å². The van der Waals surface area contributed by atoms with E-state index in [4.69, 9.17) is 17.2 Å². The lowest BCUT2D eigenvalue weighted by molar-refractivity contribution is 0.0622. The number of hydrogen-bond acceptors (Lipinski definition) is 5. The van der Waals surface area contributed by atoms with Gasteiger partial charge >= 0.3 is 0 Å². The summed E-state index contributed by atoms with van der Waals surface area (Å²) in [5, 5.41) is 0. The van der Waals surface area contributed by atoms with Crippen LogP contribution in [-0.2, 0) is 0 Å². The number of anilines is 2. The van der Waals surface area contributed by atoms with Gasteiger partial charge in [-0.3, -0.25) is 14.5 Å². The number of carbonyl (C=O) groups is 2. The van der Waals surface area contributed by atoms with Gasteiger partial charge < -0.3 is 17.2 Å². The first kappa shape index (κ1) is 15.5. The zero-order valence-corrected chi connectivity index (χ0v) is 12.0. The molecular formula is C16H18N4O2. The van der Waals surface area contributed by atoms with Crippen LogP contribution in [0.25, 0.3) is 0 Å². The van der Waals surface area contributed by atoms with Crippen LogP contribution in [0.4, 0.5) is 11.4 Å². The Bertz CT molecular complexity index is 643. The minimum absolute atomic E-state index is 0.0837. The summed E-state index contributed by atoms with van der Waals surface area (Å²) in [4.78, 5) is 26.3. The van der Waals surface area contributed by atoms with Gasteiger partial charge in [-0.25, -0.2) is 0 Å². The fourth-order valence-corrected chi connectivity index (χ4v) is 2.10. The molecule has 0 aliphatic rings. The maximum Gasteiger partial charge on any atom is 0.262 e. The van der Waals surface area contributed by atoms with Crippen molar-refractivity contribution < 1.29 is 9.59 Å². The second-order valence-electron chi connectivity index (χ2n) is 4.73. The summed E-state index contributed by atoms with van der Waals surface area (Å²) >= 11 is 0. The third-order valence-electron chi connectivity index (χ3n) is 3.23. The molecule has 0 heterocycles.